The van der Waals surface area contributed by atoms with Crippen LogP contribution in [0.25, 0.3) is 11.1 Å². The lowest BCUT2D eigenvalue weighted by Gasteiger charge is -2.14. The van der Waals surface area contributed by atoms with Gasteiger partial charge in [-0.2, -0.15) is 5.26 Å². The smallest absolute Gasteiger partial charge is 0.167 e. The van der Waals surface area contributed by atoms with Crippen molar-refractivity contribution in [3.63, 3.8) is 0 Å². The summed E-state index contributed by atoms with van der Waals surface area (Å²) in [6.45, 7) is 4.29. The third-order valence-corrected chi connectivity index (χ3v) is 6.08. The lowest BCUT2D eigenvalue weighted by atomic mass is 9.93. The highest BCUT2D eigenvalue weighted by Gasteiger charge is 2.18. The molecule has 0 amide bonds. The van der Waals surface area contributed by atoms with Crippen LogP contribution >= 0.6 is 0 Å². The predicted molar refractivity (Wildman–Crippen MR) is 139 cm³/mol. The molecule has 0 unspecified atom stereocenters. The third-order valence-electron chi connectivity index (χ3n) is 6.08. The molecule has 0 aliphatic rings. The standard InChI is InChI=1S/C29H26FN5O/c1-18(22-7-9-24(30)10-8-22)13-27(36)26-14-21(15-31)17-34-29(26)33-16-20-3-5-23(6-4-20)25-11-12-28(32)35-19(25)2/h3-12,14,17-18H,13,16H2,1-2H3,(H2,32,35)(H,33,34)/t18-/m1/s1. The monoisotopic (exact) mass is 479 g/mol. The van der Waals surface area contributed by atoms with Gasteiger partial charge in [0.2, 0.25) is 0 Å². The molecule has 0 fully saturated rings. The summed E-state index contributed by atoms with van der Waals surface area (Å²) in [6.07, 6.45) is 1.66. The molecule has 2 heterocycles. The molecule has 180 valence electrons. The van der Waals surface area contributed by atoms with Crippen molar-refractivity contribution in [2.24, 2.45) is 0 Å². The first kappa shape index (κ1) is 24.6. The zero-order chi connectivity index (χ0) is 25.7. The molecule has 3 N–H and O–H groups in total. The number of carbonyl (C=O) groups is 1. The van der Waals surface area contributed by atoms with Crippen LogP contribution in [0.4, 0.5) is 16.0 Å². The number of anilines is 2. The van der Waals surface area contributed by atoms with Gasteiger partial charge in [0.15, 0.2) is 5.78 Å². The molecule has 6 nitrogen and oxygen atoms in total. The van der Waals surface area contributed by atoms with E-state index in [1.165, 1.54) is 18.3 Å². The first-order valence-electron chi connectivity index (χ1n) is 11.6. The number of hydrogen-bond acceptors (Lipinski definition) is 6. The Morgan fingerprint density at radius 2 is 1.83 bits per heavy atom. The van der Waals surface area contributed by atoms with Crippen LogP contribution in [-0.2, 0) is 6.54 Å². The molecule has 0 aliphatic carbocycles. The van der Waals surface area contributed by atoms with Crippen molar-refractivity contribution >= 4 is 17.4 Å². The minimum atomic E-state index is -0.317. The Labute approximate surface area is 209 Å². The molecule has 36 heavy (non-hydrogen) atoms. The van der Waals surface area contributed by atoms with Gasteiger partial charge in [-0.1, -0.05) is 43.3 Å². The van der Waals surface area contributed by atoms with Gasteiger partial charge >= 0.3 is 0 Å². The van der Waals surface area contributed by atoms with Crippen molar-refractivity contribution in [3.05, 3.63) is 107 Å². The maximum absolute atomic E-state index is 13.3. The first-order valence-corrected chi connectivity index (χ1v) is 11.6. The molecule has 2 aromatic carbocycles. The number of nitriles is 1. The van der Waals surface area contributed by atoms with E-state index in [0.29, 0.717) is 29.3 Å². The lowest BCUT2D eigenvalue weighted by Crippen LogP contribution is -2.11. The first-order chi connectivity index (χ1) is 17.3. The number of nitrogens with zero attached hydrogens (tertiary/aromatic N) is 3. The second-order valence-corrected chi connectivity index (χ2v) is 8.73. The van der Waals surface area contributed by atoms with E-state index in [-0.39, 0.29) is 23.9 Å². The number of nitrogen functional groups attached to an aromatic ring is 1. The summed E-state index contributed by atoms with van der Waals surface area (Å²) in [7, 11) is 0. The zero-order valence-electron chi connectivity index (χ0n) is 20.1. The molecule has 7 heteroatoms. The zero-order valence-corrected chi connectivity index (χ0v) is 20.1. The number of halogens is 1. The van der Waals surface area contributed by atoms with Crippen LogP contribution < -0.4 is 11.1 Å². The van der Waals surface area contributed by atoms with Gasteiger partial charge in [0.25, 0.3) is 0 Å². The van der Waals surface area contributed by atoms with Gasteiger partial charge in [-0.15, -0.1) is 0 Å². The number of nitrogens with two attached hydrogens (primary N) is 1. The number of Topliss-reactive ketones (excluding diaryl/α,β-unsaturated/α-hetero) is 1. The number of pyridine rings is 2. The van der Waals surface area contributed by atoms with Crippen LogP contribution in [0.15, 0.2) is 72.9 Å². The van der Waals surface area contributed by atoms with Crippen molar-refractivity contribution in [2.75, 3.05) is 11.1 Å². The average molecular weight is 480 g/mol. The molecule has 0 spiro atoms. The maximum atomic E-state index is 13.3. The van der Waals surface area contributed by atoms with Crippen molar-refractivity contribution in [1.82, 2.24) is 9.97 Å². The topological polar surface area (TPSA) is 105 Å². The minimum Gasteiger partial charge on any atom is -0.384 e. The Morgan fingerprint density at radius 1 is 1.11 bits per heavy atom. The highest BCUT2D eigenvalue weighted by atomic mass is 19.1. The molecular weight excluding hydrogens is 453 g/mol. The van der Waals surface area contributed by atoms with E-state index in [4.69, 9.17) is 5.73 Å². The molecule has 0 saturated carbocycles. The van der Waals surface area contributed by atoms with Gasteiger partial charge in [0.1, 0.15) is 23.5 Å². The van der Waals surface area contributed by atoms with E-state index < -0.39 is 0 Å². The summed E-state index contributed by atoms with van der Waals surface area (Å²) >= 11 is 0. The Morgan fingerprint density at radius 3 is 2.50 bits per heavy atom. The Hall–Kier alpha value is -4.57. The fraction of sp³-hybridized carbons (Fsp3) is 0.172. The fourth-order valence-corrected chi connectivity index (χ4v) is 4.05. The van der Waals surface area contributed by atoms with E-state index in [9.17, 15) is 14.4 Å². The summed E-state index contributed by atoms with van der Waals surface area (Å²) in [5.74, 6) is 0.344. The van der Waals surface area contributed by atoms with Crippen LogP contribution in [0.3, 0.4) is 0 Å². The number of ketones is 1. The van der Waals surface area contributed by atoms with E-state index in [1.54, 1.807) is 24.3 Å². The molecular formula is C29H26FN5O. The van der Waals surface area contributed by atoms with Crippen LogP contribution in [0.5, 0.6) is 0 Å². The molecule has 0 bridgehead atoms. The number of aromatic nitrogens is 2. The highest BCUT2D eigenvalue weighted by molar-refractivity contribution is 6.01. The molecule has 2 aromatic heterocycles. The van der Waals surface area contributed by atoms with Crippen LogP contribution in [0, 0.1) is 24.1 Å². The Kier molecular flexibility index (Phi) is 7.36. The van der Waals surface area contributed by atoms with Gasteiger partial charge in [0.05, 0.1) is 11.1 Å². The SMILES string of the molecule is Cc1nc(N)ccc1-c1ccc(CNc2ncc(C#N)cc2C(=O)C[C@@H](C)c2ccc(F)cc2)cc1. The summed E-state index contributed by atoms with van der Waals surface area (Å²) < 4.78 is 13.3. The molecule has 1 atom stereocenters. The van der Waals surface area contributed by atoms with Crippen molar-refractivity contribution < 1.29 is 9.18 Å². The molecule has 0 radical (unpaired) electrons. The third kappa shape index (κ3) is 5.73. The fourth-order valence-electron chi connectivity index (χ4n) is 4.05. The van der Waals surface area contributed by atoms with Crippen LogP contribution in [0.2, 0.25) is 0 Å². The molecule has 4 rings (SSSR count). The summed E-state index contributed by atoms with van der Waals surface area (Å²) in [5.41, 5.74) is 11.2. The lowest BCUT2D eigenvalue weighted by molar-refractivity contribution is 0.0976. The average Bonchev–Trinajstić information content (AvgIpc) is 2.88. The Bertz CT molecular complexity index is 1430. The maximum Gasteiger partial charge on any atom is 0.167 e. The quantitative estimate of drug-likeness (QED) is 0.299. The van der Waals surface area contributed by atoms with Gasteiger partial charge in [-0.05, 0) is 59.9 Å². The normalized spacial score (nSPS) is 11.5. The van der Waals surface area contributed by atoms with Crippen LogP contribution in [0.1, 0.15) is 52.0 Å². The largest absolute Gasteiger partial charge is 0.384 e. The van der Waals surface area contributed by atoms with Crippen molar-refractivity contribution in [3.8, 4) is 17.2 Å². The van der Waals surface area contributed by atoms with Gasteiger partial charge < -0.3 is 11.1 Å². The minimum absolute atomic E-state index is 0.115. The van der Waals surface area contributed by atoms with E-state index in [2.05, 4.69) is 15.3 Å². The number of carbonyl (C=O) groups excluding carboxylic acids is 1. The number of benzene rings is 2. The van der Waals surface area contributed by atoms with E-state index in [0.717, 1.165) is 27.9 Å². The summed E-state index contributed by atoms with van der Waals surface area (Å²) in [4.78, 5) is 21.8. The summed E-state index contributed by atoms with van der Waals surface area (Å²) in [5, 5.41) is 12.6. The molecule has 4 aromatic rings. The number of nitrogens with one attached hydrogen (secondary N) is 1. The molecule has 0 saturated heterocycles. The second-order valence-electron chi connectivity index (χ2n) is 8.73. The highest BCUT2D eigenvalue weighted by Crippen LogP contribution is 2.26. The number of hydrogen-bond donors (Lipinski definition) is 2. The van der Waals surface area contributed by atoms with E-state index in [1.807, 2.05) is 50.2 Å². The van der Waals surface area contributed by atoms with Crippen molar-refractivity contribution in [1.29, 1.82) is 5.26 Å². The number of aryl methyl sites for hydroxylation is 1. The van der Waals surface area contributed by atoms with Gasteiger partial charge in [-0.25, -0.2) is 14.4 Å². The van der Waals surface area contributed by atoms with Gasteiger partial charge in [0, 0.05) is 30.4 Å². The van der Waals surface area contributed by atoms with Gasteiger partial charge in [-0.3, -0.25) is 4.79 Å². The summed E-state index contributed by atoms with van der Waals surface area (Å²) in [6, 6.07) is 21.5. The number of rotatable bonds is 8. The Balaban J connectivity index is 1.49. The van der Waals surface area contributed by atoms with E-state index >= 15 is 0 Å². The second kappa shape index (κ2) is 10.8. The van der Waals surface area contributed by atoms with Crippen LogP contribution in [-0.4, -0.2) is 15.8 Å². The predicted octanol–water partition coefficient (Wildman–Crippen LogP) is 6.03. The van der Waals surface area contributed by atoms with Crippen molar-refractivity contribution in [2.45, 2.75) is 32.7 Å². The molecule has 0 aliphatic heterocycles.